The summed E-state index contributed by atoms with van der Waals surface area (Å²) >= 11 is 0. The zero-order valence-corrected chi connectivity index (χ0v) is 14.7. The maximum absolute atomic E-state index is 11.7. The Balaban J connectivity index is 2.18. The summed E-state index contributed by atoms with van der Waals surface area (Å²) in [5.74, 6) is 0.644. The standard InChI is InChI=1S/C17H19N5O4/c1-4-21(5-2)14-10-13(18-11-7-6-8-12(9-11)25-3)17(22(23)24)16-15(14)19-26-20-16/h6-10,18H,4-5H2,1-3H3. The molecule has 0 spiro atoms. The lowest BCUT2D eigenvalue weighted by molar-refractivity contribution is -0.382. The topological polar surface area (TPSA) is 107 Å². The van der Waals surface area contributed by atoms with E-state index in [1.54, 1.807) is 37.4 Å². The lowest BCUT2D eigenvalue weighted by atomic mass is 10.1. The molecular formula is C17H19N5O4. The van der Waals surface area contributed by atoms with Gasteiger partial charge >= 0.3 is 5.69 Å². The van der Waals surface area contributed by atoms with Gasteiger partial charge in [0.25, 0.3) is 0 Å². The van der Waals surface area contributed by atoms with E-state index in [0.29, 0.717) is 22.6 Å². The minimum atomic E-state index is -0.485. The minimum absolute atomic E-state index is 0.116. The highest BCUT2D eigenvalue weighted by Gasteiger charge is 2.27. The second-order valence-corrected chi connectivity index (χ2v) is 5.54. The molecule has 0 fully saturated rings. The molecule has 0 saturated carbocycles. The molecule has 0 amide bonds. The first kappa shape index (κ1) is 17.5. The van der Waals surface area contributed by atoms with Crippen LogP contribution in [0.3, 0.4) is 0 Å². The van der Waals surface area contributed by atoms with Crippen LogP contribution in [0.25, 0.3) is 11.0 Å². The molecule has 0 bridgehead atoms. The number of hydrogen-bond donors (Lipinski definition) is 1. The number of nitrogens with one attached hydrogen (secondary N) is 1. The summed E-state index contributed by atoms with van der Waals surface area (Å²) in [5, 5.41) is 22.4. The number of rotatable bonds is 7. The summed E-state index contributed by atoms with van der Waals surface area (Å²) in [6.07, 6.45) is 0. The molecule has 0 atom stereocenters. The Hall–Kier alpha value is -3.36. The summed E-state index contributed by atoms with van der Waals surface area (Å²) in [4.78, 5) is 13.2. The van der Waals surface area contributed by atoms with Crippen molar-refractivity contribution >= 4 is 33.8 Å². The van der Waals surface area contributed by atoms with Crippen LogP contribution in [-0.2, 0) is 0 Å². The summed E-state index contributed by atoms with van der Waals surface area (Å²) in [6.45, 7) is 5.43. The molecule has 0 radical (unpaired) electrons. The molecule has 1 N–H and O–H groups in total. The molecule has 9 nitrogen and oxygen atoms in total. The largest absolute Gasteiger partial charge is 0.497 e. The van der Waals surface area contributed by atoms with Crippen molar-refractivity contribution in [3.05, 3.63) is 40.4 Å². The summed E-state index contributed by atoms with van der Waals surface area (Å²) in [6, 6.07) is 8.86. The van der Waals surface area contributed by atoms with E-state index in [4.69, 9.17) is 9.37 Å². The Kier molecular flexibility index (Phi) is 4.87. The maximum atomic E-state index is 11.7. The first-order valence-corrected chi connectivity index (χ1v) is 8.18. The molecule has 136 valence electrons. The van der Waals surface area contributed by atoms with Crippen LogP contribution in [0.1, 0.15) is 13.8 Å². The highest BCUT2D eigenvalue weighted by atomic mass is 16.6. The maximum Gasteiger partial charge on any atom is 0.324 e. The molecular weight excluding hydrogens is 338 g/mol. The molecule has 2 aromatic carbocycles. The van der Waals surface area contributed by atoms with E-state index in [9.17, 15) is 10.1 Å². The average molecular weight is 357 g/mol. The number of nitrogens with zero attached hydrogens (tertiary/aromatic N) is 4. The summed E-state index contributed by atoms with van der Waals surface area (Å²) in [7, 11) is 1.56. The van der Waals surface area contributed by atoms with Gasteiger partial charge in [-0.3, -0.25) is 10.1 Å². The predicted molar refractivity (Wildman–Crippen MR) is 98.3 cm³/mol. The van der Waals surface area contributed by atoms with Crippen LogP contribution in [0.2, 0.25) is 0 Å². The molecule has 0 saturated heterocycles. The van der Waals surface area contributed by atoms with Crippen molar-refractivity contribution in [1.82, 2.24) is 10.3 Å². The Morgan fingerprint density at radius 2 is 1.96 bits per heavy atom. The molecule has 0 aliphatic heterocycles. The predicted octanol–water partition coefficient (Wildman–Crippen LogP) is 3.73. The smallest absolute Gasteiger partial charge is 0.324 e. The first-order chi connectivity index (χ1) is 12.6. The van der Waals surface area contributed by atoms with Crippen molar-refractivity contribution in [2.75, 3.05) is 30.4 Å². The summed E-state index contributed by atoms with van der Waals surface area (Å²) in [5.41, 5.74) is 2.01. The molecule has 3 rings (SSSR count). The van der Waals surface area contributed by atoms with Crippen LogP contribution >= 0.6 is 0 Å². The third kappa shape index (κ3) is 3.10. The van der Waals surface area contributed by atoms with Gasteiger partial charge in [0.15, 0.2) is 5.52 Å². The SMILES string of the molecule is CCN(CC)c1cc(Nc2cccc(OC)c2)c([N+](=O)[O-])c2nonc12. The number of methoxy groups -OCH3 is 1. The second kappa shape index (κ2) is 7.26. The van der Waals surface area contributed by atoms with E-state index in [1.807, 2.05) is 18.7 Å². The molecule has 0 unspecified atom stereocenters. The fourth-order valence-corrected chi connectivity index (χ4v) is 2.85. The van der Waals surface area contributed by atoms with Gasteiger partial charge in [-0.25, -0.2) is 4.63 Å². The van der Waals surface area contributed by atoms with Gasteiger partial charge in [0, 0.05) is 24.8 Å². The van der Waals surface area contributed by atoms with Crippen molar-refractivity contribution in [3.8, 4) is 5.75 Å². The van der Waals surface area contributed by atoms with Crippen molar-refractivity contribution < 1.29 is 14.3 Å². The van der Waals surface area contributed by atoms with Gasteiger partial charge in [0.2, 0.25) is 5.52 Å². The number of anilines is 3. The van der Waals surface area contributed by atoms with E-state index in [-0.39, 0.29) is 11.2 Å². The van der Waals surface area contributed by atoms with Crippen LogP contribution in [0.15, 0.2) is 35.0 Å². The van der Waals surface area contributed by atoms with Crippen molar-refractivity contribution in [3.63, 3.8) is 0 Å². The molecule has 0 aliphatic carbocycles. The average Bonchev–Trinajstić information content (AvgIpc) is 3.12. The molecule has 3 aromatic rings. The second-order valence-electron chi connectivity index (χ2n) is 5.54. The van der Waals surface area contributed by atoms with Crippen LogP contribution in [0.4, 0.5) is 22.7 Å². The number of nitro benzene ring substituents is 1. The number of nitro groups is 1. The number of ether oxygens (including phenoxy) is 1. The molecule has 0 aliphatic rings. The van der Waals surface area contributed by atoms with Gasteiger partial charge < -0.3 is 15.0 Å². The molecule has 1 aromatic heterocycles. The van der Waals surface area contributed by atoms with Crippen molar-refractivity contribution in [2.45, 2.75) is 13.8 Å². The lowest BCUT2D eigenvalue weighted by Gasteiger charge is -2.21. The van der Waals surface area contributed by atoms with Crippen LogP contribution < -0.4 is 15.0 Å². The number of fused-ring (bicyclic) bond motifs is 1. The lowest BCUT2D eigenvalue weighted by Crippen LogP contribution is -2.22. The number of aromatic nitrogens is 2. The molecule has 26 heavy (non-hydrogen) atoms. The van der Waals surface area contributed by atoms with E-state index in [0.717, 1.165) is 18.8 Å². The third-order valence-corrected chi connectivity index (χ3v) is 4.13. The van der Waals surface area contributed by atoms with Gasteiger partial charge in [-0.1, -0.05) is 6.07 Å². The highest BCUT2D eigenvalue weighted by Crippen LogP contribution is 2.39. The first-order valence-electron chi connectivity index (χ1n) is 8.18. The quantitative estimate of drug-likeness (QED) is 0.503. The fourth-order valence-electron chi connectivity index (χ4n) is 2.85. The summed E-state index contributed by atoms with van der Waals surface area (Å²) < 4.78 is 10.0. The molecule has 9 heteroatoms. The zero-order valence-electron chi connectivity index (χ0n) is 14.7. The number of hydrogen-bond acceptors (Lipinski definition) is 8. The normalized spacial score (nSPS) is 10.7. The Bertz CT molecular complexity index is 936. The Morgan fingerprint density at radius 3 is 2.62 bits per heavy atom. The van der Waals surface area contributed by atoms with Crippen LogP contribution in [0, 0.1) is 10.1 Å². The van der Waals surface area contributed by atoms with E-state index < -0.39 is 4.92 Å². The minimum Gasteiger partial charge on any atom is -0.497 e. The fraction of sp³-hybridized carbons (Fsp3) is 0.294. The number of benzene rings is 2. The van der Waals surface area contributed by atoms with Gasteiger partial charge in [-0.2, -0.15) is 0 Å². The third-order valence-electron chi connectivity index (χ3n) is 4.13. The van der Waals surface area contributed by atoms with Gasteiger partial charge in [-0.15, -0.1) is 0 Å². The van der Waals surface area contributed by atoms with Gasteiger partial charge in [0.05, 0.1) is 17.7 Å². The molecule has 1 heterocycles. The Morgan fingerprint density at radius 1 is 1.23 bits per heavy atom. The van der Waals surface area contributed by atoms with Crippen molar-refractivity contribution in [2.24, 2.45) is 0 Å². The Labute approximate surface area is 149 Å². The van der Waals surface area contributed by atoms with Crippen LogP contribution in [-0.4, -0.2) is 35.4 Å². The highest BCUT2D eigenvalue weighted by molar-refractivity contribution is 6.00. The van der Waals surface area contributed by atoms with Gasteiger partial charge in [0.1, 0.15) is 11.4 Å². The monoisotopic (exact) mass is 357 g/mol. The van der Waals surface area contributed by atoms with Gasteiger partial charge in [-0.05, 0) is 42.4 Å². The van der Waals surface area contributed by atoms with E-state index in [1.165, 1.54) is 0 Å². The van der Waals surface area contributed by atoms with E-state index in [2.05, 4.69) is 15.6 Å². The zero-order chi connectivity index (χ0) is 18.7. The van der Waals surface area contributed by atoms with Crippen LogP contribution in [0.5, 0.6) is 5.75 Å². The van der Waals surface area contributed by atoms with Crippen molar-refractivity contribution in [1.29, 1.82) is 0 Å². The van der Waals surface area contributed by atoms with E-state index >= 15 is 0 Å².